The first kappa shape index (κ1) is 43.3. The van der Waals surface area contributed by atoms with Gasteiger partial charge in [-0.25, -0.2) is 5.01 Å². The molecule has 5 unspecified atom stereocenters. The summed E-state index contributed by atoms with van der Waals surface area (Å²) < 4.78 is 16.8. The molecule has 7 atom stereocenters. The largest absolute Gasteiger partial charge is 0.382 e. The SMILES string of the molecule is CCC(CC)C1CC(N[C@H]2CC[C@H](NCC(=O)NCCOCCOCCOCCNc3cccc4c3C(=O)N(C3CCC(=O)NC3=O)C4=O)C2)N2NCC(Cl)C2N1. The van der Waals surface area contributed by atoms with Crippen LogP contribution in [-0.4, -0.2) is 147 Å². The lowest BCUT2D eigenvalue weighted by Crippen LogP contribution is -2.67. The van der Waals surface area contributed by atoms with E-state index >= 15 is 0 Å². The van der Waals surface area contributed by atoms with Crippen molar-refractivity contribution in [3.63, 3.8) is 0 Å². The van der Waals surface area contributed by atoms with Crippen molar-refractivity contribution in [2.75, 3.05) is 71.1 Å². The number of nitrogens with zero attached hydrogens (tertiary/aromatic N) is 2. The van der Waals surface area contributed by atoms with Gasteiger partial charge in [0.1, 0.15) is 6.04 Å². The number of alkyl halides is 1. The molecule has 5 amide bonds. The quantitative estimate of drug-likeness (QED) is 0.0488. The lowest BCUT2D eigenvalue weighted by Gasteiger charge is -2.46. The summed E-state index contributed by atoms with van der Waals surface area (Å²) in [4.78, 5) is 63.5. The second-order valence-corrected chi connectivity index (χ2v) is 15.9. The second-order valence-electron chi connectivity index (χ2n) is 15.4. The summed E-state index contributed by atoms with van der Waals surface area (Å²) in [5, 5.41) is 21.7. The molecule has 4 fully saturated rings. The fourth-order valence-electron chi connectivity index (χ4n) is 8.66. The van der Waals surface area contributed by atoms with Crippen molar-refractivity contribution in [2.45, 2.75) is 107 Å². The average Bonchev–Trinajstić information content (AvgIpc) is 3.89. The molecular weight excluding hydrogens is 758 g/mol. The Labute approximate surface area is 339 Å². The van der Waals surface area contributed by atoms with Crippen molar-refractivity contribution < 1.29 is 38.2 Å². The van der Waals surface area contributed by atoms with Crippen LogP contribution in [0.4, 0.5) is 5.69 Å². The standard InChI is InChI=1S/C39H60ClN9O8/c1-3-24(4-2)30-21-32(49-36(46-30)28(40)22-44-49)45-26-9-8-25(20-26)43-23-34(51)42-13-15-56-17-19-57-18-16-55-14-12-41-29-7-5-6-27-35(29)39(54)48(38(27)53)31-10-11-33(50)47-37(31)52/h5-7,24-26,28,30-32,36,41,43-46H,3-4,8-23H2,1-2H3,(H,42,51)(H,47,50,52)/t25-,26-,28?,30?,31?,32?,36?/m0/s1. The zero-order chi connectivity index (χ0) is 40.3. The van der Waals surface area contributed by atoms with Crippen molar-refractivity contribution in [1.82, 2.24) is 41.9 Å². The van der Waals surface area contributed by atoms with Crippen LogP contribution < -0.4 is 37.3 Å². The van der Waals surface area contributed by atoms with Gasteiger partial charge in [0, 0.05) is 49.9 Å². The molecule has 0 spiro atoms. The molecule has 17 nitrogen and oxygen atoms in total. The number of anilines is 1. The van der Waals surface area contributed by atoms with Gasteiger partial charge in [0.05, 0.1) is 75.0 Å². The molecule has 1 aromatic rings. The minimum atomic E-state index is -1.01. The number of hydrogen-bond donors (Lipinski definition) is 7. The number of imide groups is 2. The van der Waals surface area contributed by atoms with Crippen LogP contribution in [0.15, 0.2) is 18.2 Å². The zero-order valence-corrected chi connectivity index (χ0v) is 33.9. The smallest absolute Gasteiger partial charge is 0.264 e. The summed E-state index contributed by atoms with van der Waals surface area (Å²) in [5.41, 5.74) is 4.41. The zero-order valence-electron chi connectivity index (χ0n) is 33.1. The Balaban J connectivity index is 0.763. The highest BCUT2D eigenvalue weighted by Gasteiger charge is 2.47. The van der Waals surface area contributed by atoms with Crippen LogP contribution in [0, 0.1) is 5.92 Å². The van der Waals surface area contributed by atoms with Crippen LogP contribution in [0.3, 0.4) is 0 Å². The number of hydrazine groups is 1. The monoisotopic (exact) mass is 817 g/mol. The maximum Gasteiger partial charge on any atom is 0.264 e. The van der Waals surface area contributed by atoms with Gasteiger partial charge < -0.3 is 30.2 Å². The Morgan fingerprint density at radius 3 is 2.37 bits per heavy atom. The molecule has 1 saturated carbocycles. The lowest BCUT2D eigenvalue weighted by molar-refractivity contribution is -0.136. The molecule has 0 bridgehead atoms. The molecule has 316 valence electrons. The van der Waals surface area contributed by atoms with E-state index in [0.717, 1.165) is 50.0 Å². The van der Waals surface area contributed by atoms with Crippen molar-refractivity contribution in [3.8, 4) is 0 Å². The van der Waals surface area contributed by atoms with Gasteiger partial charge >= 0.3 is 0 Å². The highest BCUT2D eigenvalue weighted by molar-refractivity contribution is 6.25. The van der Waals surface area contributed by atoms with Crippen LogP contribution in [-0.2, 0) is 28.6 Å². The highest BCUT2D eigenvalue weighted by Crippen LogP contribution is 2.33. The number of piperidine rings is 1. The molecular formula is C39H60ClN9O8. The van der Waals surface area contributed by atoms with E-state index in [0.29, 0.717) is 82.5 Å². The molecule has 6 rings (SSSR count). The molecule has 1 aromatic carbocycles. The molecule has 1 aliphatic carbocycles. The van der Waals surface area contributed by atoms with E-state index in [-0.39, 0.29) is 54.1 Å². The summed E-state index contributed by atoms with van der Waals surface area (Å²) >= 11 is 6.68. The van der Waals surface area contributed by atoms with E-state index in [4.69, 9.17) is 25.8 Å². The van der Waals surface area contributed by atoms with Crippen LogP contribution in [0.2, 0.25) is 0 Å². The normalized spacial score (nSPS) is 27.6. The number of fused-ring (bicyclic) bond motifs is 2. The minimum absolute atomic E-state index is 0.0372. The van der Waals surface area contributed by atoms with Gasteiger partial charge in [0.15, 0.2) is 0 Å². The third-order valence-corrected chi connectivity index (χ3v) is 12.1. The third-order valence-electron chi connectivity index (χ3n) is 11.7. The maximum absolute atomic E-state index is 13.2. The second kappa shape index (κ2) is 21.1. The van der Waals surface area contributed by atoms with Gasteiger partial charge in [-0.05, 0) is 50.2 Å². The molecule has 0 radical (unpaired) electrons. The van der Waals surface area contributed by atoms with E-state index in [1.54, 1.807) is 18.2 Å². The number of benzene rings is 1. The average molecular weight is 818 g/mol. The number of rotatable bonds is 22. The number of amides is 5. The number of carbonyl (C=O) groups is 5. The van der Waals surface area contributed by atoms with Gasteiger partial charge in [-0.15, -0.1) is 11.6 Å². The molecule has 7 N–H and O–H groups in total. The van der Waals surface area contributed by atoms with Gasteiger partial charge in [-0.1, -0.05) is 32.8 Å². The highest BCUT2D eigenvalue weighted by atomic mass is 35.5. The number of nitrogens with one attached hydrogen (secondary N) is 7. The Morgan fingerprint density at radius 2 is 1.63 bits per heavy atom. The maximum atomic E-state index is 13.2. The van der Waals surface area contributed by atoms with Gasteiger partial charge in [-0.3, -0.25) is 50.2 Å². The first-order chi connectivity index (χ1) is 27.7. The molecule has 4 heterocycles. The fourth-order valence-corrected chi connectivity index (χ4v) is 8.92. The fraction of sp³-hybridized carbons (Fsp3) is 0.718. The number of carbonyl (C=O) groups excluding carboxylic acids is 5. The Kier molecular flexibility index (Phi) is 16.1. The molecule has 5 aliphatic rings. The molecule has 0 aromatic heterocycles. The number of halogens is 1. The van der Waals surface area contributed by atoms with E-state index in [2.05, 4.69) is 56.2 Å². The third kappa shape index (κ3) is 11.1. The van der Waals surface area contributed by atoms with E-state index in [9.17, 15) is 24.0 Å². The Morgan fingerprint density at radius 1 is 0.912 bits per heavy atom. The van der Waals surface area contributed by atoms with E-state index in [1.165, 1.54) is 0 Å². The van der Waals surface area contributed by atoms with Crippen molar-refractivity contribution >= 4 is 46.8 Å². The topological polar surface area (TPSA) is 204 Å². The first-order valence-corrected chi connectivity index (χ1v) is 21.1. The minimum Gasteiger partial charge on any atom is -0.382 e. The van der Waals surface area contributed by atoms with Crippen LogP contribution >= 0.6 is 11.6 Å². The van der Waals surface area contributed by atoms with E-state index in [1.807, 2.05) is 0 Å². The van der Waals surface area contributed by atoms with Gasteiger partial charge in [0.25, 0.3) is 11.8 Å². The van der Waals surface area contributed by atoms with Crippen molar-refractivity contribution in [2.24, 2.45) is 5.92 Å². The first-order valence-electron chi connectivity index (χ1n) is 20.7. The molecule has 18 heteroatoms. The Bertz CT molecular complexity index is 1570. The van der Waals surface area contributed by atoms with Crippen LogP contribution in [0.5, 0.6) is 0 Å². The van der Waals surface area contributed by atoms with Crippen LogP contribution in [0.25, 0.3) is 0 Å². The molecule has 3 saturated heterocycles. The van der Waals surface area contributed by atoms with Crippen LogP contribution in [0.1, 0.15) is 85.9 Å². The van der Waals surface area contributed by atoms with E-state index < -0.39 is 29.7 Å². The predicted molar refractivity (Wildman–Crippen MR) is 212 cm³/mol. The molecule has 57 heavy (non-hydrogen) atoms. The Hall–Kier alpha value is -3.26. The summed E-state index contributed by atoms with van der Waals surface area (Å²) in [5.74, 6) is -1.59. The summed E-state index contributed by atoms with van der Waals surface area (Å²) in [7, 11) is 0. The van der Waals surface area contributed by atoms with Crippen molar-refractivity contribution in [3.05, 3.63) is 29.3 Å². The summed E-state index contributed by atoms with van der Waals surface area (Å²) in [6.45, 7) is 8.61. The van der Waals surface area contributed by atoms with Crippen molar-refractivity contribution in [1.29, 1.82) is 0 Å². The number of ether oxygens (including phenoxy) is 3. The lowest BCUT2D eigenvalue weighted by atomic mass is 9.88. The number of hydrogen-bond acceptors (Lipinski definition) is 14. The summed E-state index contributed by atoms with van der Waals surface area (Å²) in [6.07, 6.45) is 6.93. The van der Waals surface area contributed by atoms with Gasteiger partial charge in [0.2, 0.25) is 17.7 Å². The molecule has 4 aliphatic heterocycles. The van der Waals surface area contributed by atoms with Gasteiger partial charge in [-0.2, -0.15) is 0 Å². The predicted octanol–water partition coefficient (Wildman–Crippen LogP) is 0.644. The summed E-state index contributed by atoms with van der Waals surface area (Å²) in [6, 6.07) is 5.03.